The van der Waals surface area contributed by atoms with E-state index in [0.717, 1.165) is 29.4 Å². The summed E-state index contributed by atoms with van der Waals surface area (Å²) in [5, 5.41) is 0. The van der Waals surface area contributed by atoms with Gasteiger partial charge in [-0.05, 0) is 18.4 Å². The van der Waals surface area contributed by atoms with Crippen molar-refractivity contribution in [1.29, 1.82) is 0 Å². The Balaban J connectivity index is 0.00000144. The predicted octanol–water partition coefficient (Wildman–Crippen LogP) is 2.93. The molecule has 0 radical (unpaired) electrons. The molecule has 1 atom stereocenters. The van der Waals surface area contributed by atoms with E-state index in [1.54, 1.807) is 14.2 Å². The first-order valence-electron chi connectivity index (χ1n) is 5.72. The summed E-state index contributed by atoms with van der Waals surface area (Å²) in [5.41, 5.74) is 7.26. The molecular formula is C13H20ClNO2. The second-order valence-electron chi connectivity index (χ2n) is 4.39. The Kier molecular flexibility index (Phi) is 5.09. The first kappa shape index (κ1) is 14.1. The van der Waals surface area contributed by atoms with Crippen molar-refractivity contribution in [1.82, 2.24) is 0 Å². The van der Waals surface area contributed by atoms with Crippen molar-refractivity contribution in [3.8, 4) is 11.5 Å². The summed E-state index contributed by atoms with van der Waals surface area (Å²) in [5.74, 6) is 2.45. The summed E-state index contributed by atoms with van der Waals surface area (Å²) in [6.07, 6.45) is 3.71. The highest BCUT2D eigenvalue weighted by atomic mass is 35.5. The molecule has 0 bridgehead atoms. The van der Waals surface area contributed by atoms with E-state index in [-0.39, 0.29) is 18.4 Å². The Morgan fingerprint density at radius 3 is 2.53 bits per heavy atom. The van der Waals surface area contributed by atoms with Crippen molar-refractivity contribution in [3.63, 3.8) is 0 Å². The van der Waals surface area contributed by atoms with E-state index in [4.69, 9.17) is 15.2 Å². The molecule has 1 aliphatic carbocycles. The first-order valence-corrected chi connectivity index (χ1v) is 5.72. The van der Waals surface area contributed by atoms with Crippen LogP contribution in [0.25, 0.3) is 0 Å². The third-order valence-corrected chi connectivity index (χ3v) is 3.12. The zero-order chi connectivity index (χ0) is 11.5. The molecule has 1 aromatic rings. The van der Waals surface area contributed by atoms with E-state index in [1.807, 2.05) is 18.2 Å². The third kappa shape index (κ3) is 3.51. The molecule has 0 saturated heterocycles. The molecule has 0 unspecified atom stereocenters. The standard InChI is InChI=1S/C13H19NO2.ClH/c1-15-10-5-6-11(13(8-10)16-2)12(14)7-9-3-4-9;/h5-6,8-9,12H,3-4,7,14H2,1-2H3;1H/t12-;/m1./s1. The molecule has 1 aromatic carbocycles. The number of benzene rings is 1. The van der Waals surface area contributed by atoms with Gasteiger partial charge >= 0.3 is 0 Å². The van der Waals surface area contributed by atoms with Crippen LogP contribution in [0.15, 0.2) is 18.2 Å². The van der Waals surface area contributed by atoms with Gasteiger partial charge in [0, 0.05) is 17.7 Å². The average molecular weight is 258 g/mol. The zero-order valence-corrected chi connectivity index (χ0v) is 11.1. The minimum Gasteiger partial charge on any atom is -0.497 e. The van der Waals surface area contributed by atoms with Crippen molar-refractivity contribution >= 4 is 12.4 Å². The van der Waals surface area contributed by atoms with Gasteiger partial charge in [0.25, 0.3) is 0 Å². The van der Waals surface area contributed by atoms with Crippen LogP contribution in [0, 0.1) is 5.92 Å². The highest BCUT2D eigenvalue weighted by Gasteiger charge is 2.25. The molecule has 2 rings (SSSR count). The number of nitrogens with two attached hydrogens (primary N) is 1. The van der Waals surface area contributed by atoms with Gasteiger partial charge in [0.1, 0.15) is 11.5 Å². The van der Waals surface area contributed by atoms with Gasteiger partial charge in [-0.2, -0.15) is 0 Å². The summed E-state index contributed by atoms with van der Waals surface area (Å²) in [6.45, 7) is 0. The van der Waals surface area contributed by atoms with Gasteiger partial charge in [0.15, 0.2) is 0 Å². The normalized spacial score (nSPS) is 15.9. The smallest absolute Gasteiger partial charge is 0.127 e. The second kappa shape index (κ2) is 6.12. The summed E-state index contributed by atoms with van der Waals surface area (Å²) in [7, 11) is 3.32. The molecule has 0 spiro atoms. The van der Waals surface area contributed by atoms with Crippen LogP contribution in [0.1, 0.15) is 30.9 Å². The maximum Gasteiger partial charge on any atom is 0.127 e. The van der Waals surface area contributed by atoms with Crippen LogP contribution in [-0.4, -0.2) is 14.2 Å². The van der Waals surface area contributed by atoms with E-state index in [9.17, 15) is 0 Å². The number of hydrogen-bond donors (Lipinski definition) is 1. The average Bonchev–Trinajstić information content (AvgIpc) is 3.11. The van der Waals surface area contributed by atoms with E-state index in [0.29, 0.717) is 0 Å². The lowest BCUT2D eigenvalue weighted by molar-refractivity contribution is 0.386. The highest BCUT2D eigenvalue weighted by Crippen LogP contribution is 2.39. The summed E-state index contributed by atoms with van der Waals surface area (Å²) in [6, 6.07) is 5.91. The fraction of sp³-hybridized carbons (Fsp3) is 0.538. The van der Waals surface area contributed by atoms with Gasteiger partial charge in [-0.25, -0.2) is 0 Å². The van der Waals surface area contributed by atoms with E-state index < -0.39 is 0 Å². The maximum atomic E-state index is 6.18. The fourth-order valence-electron chi connectivity index (χ4n) is 1.96. The van der Waals surface area contributed by atoms with E-state index in [1.165, 1.54) is 12.8 Å². The lowest BCUT2D eigenvalue weighted by Crippen LogP contribution is -2.12. The van der Waals surface area contributed by atoms with Crippen molar-refractivity contribution in [2.24, 2.45) is 11.7 Å². The highest BCUT2D eigenvalue weighted by molar-refractivity contribution is 5.85. The van der Waals surface area contributed by atoms with Crippen molar-refractivity contribution in [2.75, 3.05) is 14.2 Å². The molecule has 0 heterocycles. The van der Waals surface area contributed by atoms with E-state index >= 15 is 0 Å². The molecule has 2 N–H and O–H groups in total. The maximum absolute atomic E-state index is 6.18. The fourth-order valence-corrected chi connectivity index (χ4v) is 1.96. The third-order valence-electron chi connectivity index (χ3n) is 3.12. The monoisotopic (exact) mass is 257 g/mol. The van der Waals surface area contributed by atoms with Crippen LogP contribution < -0.4 is 15.2 Å². The van der Waals surface area contributed by atoms with Crippen molar-refractivity contribution < 1.29 is 9.47 Å². The molecule has 1 aliphatic rings. The van der Waals surface area contributed by atoms with Crippen LogP contribution >= 0.6 is 12.4 Å². The van der Waals surface area contributed by atoms with Crippen LogP contribution in [0.4, 0.5) is 0 Å². The molecule has 17 heavy (non-hydrogen) atoms. The second-order valence-corrected chi connectivity index (χ2v) is 4.39. The van der Waals surface area contributed by atoms with Gasteiger partial charge in [0.05, 0.1) is 14.2 Å². The molecule has 0 amide bonds. The lowest BCUT2D eigenvalue weighted by Gasteiger charge is -2.16. The number of ether oxygens (including phenoxy) is 2. The topological polar surface area (TPSA) is 44.5 Å². The predicted molar refractivity (Wildman–Crippen MR) is 71.1 cm³/mol. The molecule has 96 valence electrons. The number of rotatable bonds is 5. The molecule has 4 heteroatoms. The summed E-state index contributed by atoms with van der Waals surface area (Å²) < 4.78 is 10.5. The Hall–Kier alpha value is -0.930. The van der Waals surface area contributed by atoms with Gasteiger partial charge in [-0.1, -0.05) is 18.9 Å². The Bertz CT molecular complexity index is 366. The SMILES string of the molecule is COc1ccc([C@H](N)CC2CC2)c(OC)c1.Cl. The Morgan fingerprint density at radius 1 is 1.29 bits per heavy atom. The first-order chi connectivity index (χ1) is 7.74. The number of methoxy groups -OCH3 is 2. The number of halogens is 1. The van der Waals surface area contributed by atoms with Crippen LogP contribution in [0.5, 0.6) is 11.5 Å². The van der Waals surface area contributed by atoms with E-state index in [2.05, 4.69) is 0 Å². The van der Waals surface area contributed by atoms with Gasteiger partial charge in [-0.3, -0.25) is 0 Å². The van der Waals surface area contributed by atoms with Crippen LogP contribution in [-0.2, 0) is 0 Å². The van der Waals surface area contributed by atoms with Gasteiger partial charge in [-0.15, -0.1) is 12.4 Å². The summed E-state index contributed by atoms with van der Waals surface area (Å²) >= 11 is 0. The van der Waals surface area contributed by atoms with Gasteiger partial charge in [0.2, 0.25) is 0 Å². The lowest BCUT2D eigenvalue weighted by atomic mass is 10.0. The van der Waals surface area contributed by atoms with Crippen molar-refractivity contribution in [3.05, 3.63) is 23.8 Å². The molecule has 1 saturated carbocycles. The zero-order valence-electron chi connectivity index (χ0n) is 10.3. The van der Waals surface area contributed by atoms with Crippen molar-refractivity contribution in [2.45, 2.75) is 25.3 Å². The minimum absolute atomic E-state index is 0. The van der Waals surface area contributed by atoms with Crippen LogP contribution in [0.3, 0.4) is 0 Å². The molecule has 1 fully saturated rings. The van der Waals surface area contributed by atoms with Crippen LogP contribution in [0.2, 0.25) is 0 Å². The molecule has 0 aromatic heterocycles. The minimum atomic E-state index is 0. The number of hydrogen-bond acceptors (Lipinski definition) is 3. The van der Waals surface area contributed by atoms with Gasteiger partial charge < -0.3 is 15.2 Å². The Labute approximate surface area is 109 Å². The molecular weight excluding hydrogens is 238 g/mol. The Morgan fingerprint density at radius 2 is 2.00 bits per heavy atom. The summed E-state index contributed by atoms with van der Waals surface area (Å²) in [4.78, 5) is 0. The molecule has 0 aliphatic heterocycles. The molecule has 3 nitrogen and oxygen atoms in total. The quantitative estimate of drug-likeness (QED) is 0.882. The largest absolute Gasteiger partial charge is 0.497 e.